The Morgan fingerprint density at radius 1 is 1.16 bits per heavy atom. The Morgan fingerprint density at radius 2 is 1.68 bits per heavy atom. The van der Waals surface area contributed by atoms with Crippen molar-refractivity contribution in [3.63, 3.8) is 0 Å². The van der Waals surface area contributed by atoms with E-state index in [-0.39, 0.29) is 11.9 Å². The summed E-state index contributed by atoms with van der Waals surface area (Å²) in [6.07, 6.45) is -0.0691. The van der Waals surface area contributed by atoms with Crippen molar-refractivity contribution in [2.45, 2.75) is 13.0 Å². The fraction of sp³-hybridized carbons (Fsp3) is 0.500. The average Bonchev–Trinajstić information content (AvgIpc) is 2.31. The maximum absolute atomic E-state index is 12.8. The van der Waals surface area contributed by atoms with Gasteiger partial charge in [0.1, 0.15) is 17.7 Å². The van der Waals surface area contributed by atoms with Gasteiger partial charge in [0.2, 0.25) is 0 Å². The monoisotopic (exact) mass is 267 g/mol. The Morgan fingerprint density at radius 3 is 2.16 bits per heavy atom. The van der Waals surface area contributed by atoms with Crippen LogP contribution < -0.4 is 4.74 Å². The Kier molecular flexibility index (Phi) is 5.60. The summed E-state index contributed by atoms with van der Waals surface area (Å²) in [4.78, 5) is 8.40. The molecule has 1 aromatic rings. The minimum absolute atomic E-state index is 0.0691. The summed E-state index contributed by atoms with van der Waals surface area (Å²) in [6.45, 7) is 2.48. The lowest BCUT2D eigenvalue weighted by Gasteiger charge is -2.23. The molecule has 0 heterocycles. The number of ether oxygens (including phenoxy) is 1. The van der Waals surface area contributed by atoms with Crippen LogP contribution in [0.5, 0.6) is 5.75 Å². The zero-order valence-electron chi connectivity index (χ0n) is 12.2. The van der Waals surface area contributed by atoms with E-state index < -0.39 is 0 Å². The maximum atomic E-state index is 12.8. The molecule has 106 valence electrons. The van der Waals surface area contributed by atoms with Gasteiger partial charge in [-0.3, -0.25) is 0 Å². The molecular formula is C14H22FN3O. The standard InChI is InChI=1S/C14H22FN3O/c1-11(10-16-14(17(2)3)18(4)5)19-13-8-6-12(15)7-9-13/h6-9,11H,10H2,1-5H3. The lowest BCUT2D eigenvalue weighted by molar-refractivity contribution is 0.229. The Hall–Kier alpha value is -1.78. The van der Waals surface area contributed by atoms with Crippen molar-refractivity contribution in [3.05, 3.63) is 30.1 Å². The van der Waals surface area contributed by atoms with Gasteiger partial charge in [-0.05, 0) is 31.2 Å². The topological polar surface area (TPSA) is 28.1 Å². The Bertz CT molecular complexity index is 405. The number of aliphatic imine (C=N–C) groups is 1. The number of benzene rings is 1. The summed E-state index contributed by atoms with van der Waals surface area (Å²) in [5.74, 6) is 1.27. The van der Waals surface area contributed by atoms with E-state index in [1.165, 1.54) is 12.1 Å². The van der Waals surface area contributed by atoms with E-state index in [1.807, 2.05) is 44.9 Å². The first-order valence-corrected chi connectivity index (χ1v) is 6.21. The summed E-state index contributed by atoms with van der Waals surface area (Å²) in [7, 11) is 7.79. The molecule has 1 aromatic carbocycles. The van der Waals surface area contributed by atoms with Gasteiger partial charge >= 0.3 is 0 Å². The number of rotatable bonds is 4. The molecule has 0 aliphatic heterocycles. The fourth-order valence-corrected chi connectivity index (χ4v) is 1.68. The van der Waals surface area contributed by atoms with E-state index in [0.717, 1.165) is 5.96 Å². The van der Waals surface area contributed by atoms with E-state index in [9.17, 15) is 4.39 Å². The Balaban J connectivity index is 2.57. The lowest BCUT2D eigenvalue weighted by atomic mass is 10.3. The smallest absolute Gasteiger partial charge is 0.195 e. The first kappa shape index (κ1) is 15.3. The summed E-state index contributed by atoms with van der Waals surface area (Å²) < 4.78 is 18.4. The van der Waals surface area contributed by atoms with Gasteiger partial charge in [0.15, 0.2) is 5.96 Å². The molecule has 0 saturated heterocycles. The molecule has 0 bridgehead atoms. The van der Waals surface area contributed by atoms with Crippen molar-refractivity contribution in [1.82, 2.24) is 9.80 Å². The largest absolute Gasteiger partial charge is 0.489 e. The van der Waals surface area contributed by atoms with Crippen LogP contribution in [-0.4, -0.2) is 56.6 Å². The predicted molar refractivity (Wildman–Crippen MR) is 76.2 cm³/mol. The number of halogens is 1. The zero-order chi connectivity index (χ0) is 14.4. The second-order valence-electron chi connectivity index (χ2n) is 4.81. The molecule has 1 atom stereocenters. The Labute approximate surface area is 114 Å². The quantitative estimate of drug-likeness (QED) is 0.617. The van der Waals surface area contributed by atoms with Gasteiger partial charge < -0.3 is 14.5 Å². The predicted octanol–water partition coefficient (Wildman–Crippen LogP) is 2.07. The van der Waals surface area contributed by atoms with Crippen LogP contribution in [0.25, 0.3) is 0 Å². The van der Waals surface area contributed by atoms with E-state index in [1.54, 1.807) is 12.1 Å². The normalized spacial score (nSPS) is 11.7. The number of nitrogens with zero attached hydrogens (tertiary/aromatic N) is 3. The fourth-order valence-electron chi connectivity index (χ4n) is 1.68. The van der Waals surface area contributed by atoms with Crippen molar-refractivity contribution in [1.29, 1.82) is 0 Å². The summed E-state index contributed by atoms with van der Waals surface area (Å²) in [6, 6.07) is 6.01. The van der Waals surface area contributed by atoms with Crippen LogP contribution >= 0.6 is 0 Å². The molecule has 0 aliphatic rings. The van der Waals surface area contributed by atoms with Crippen molar-refractivity contribution >= 4 is 5.96 Å². The number of guanidine groups is 1. The molecule has 1 unspecified atom stereocenters. The van der Waals surface area contributed by atoms with E-state index in [2.05, 4.69) is 4.99 Å². The third-order valence-electron chi connectivity index (χ3n) is 2.44. The van der Waals surface area contributed by atoms with Crippen molar-refractivity contribution < 1.29 is 9.13 Å². The van der Waals surface area contributed by atoms with Crippen LogP contribution in [0.1, 0.15) is 6.92 Å². The third-order valence-corrected chi connectivity index (χ3v) is 2.44. The van der Waals surface area contributed by atoms with Gasteiger partial charge in [-0.25, -0.2) is 9.38 Å². The van der Waals surface area contributed by atoms with E-state index >= 15 is 0 Å². The molecule has 0 saturated carbocycles. The van der Waals surface area contributed by atoms with Gasteiger partial charge in [0.05, 0.1) is 6.54 Å². The van der Waals surface area contributed by atoms with Gasteiger partial charge in [-0.15, -0.1) is 0 Å². The van der Waals surface area contributed by atoms with Crippen LogP contribution in [0.2, 0.25) is 0 Å². The lowest BCUT2D eigenvalue weighted by Crippen LogP contribution is -2.36. The molecule has 0 fully saturated rings. The summed E-state index contributed by atoms with van der Waals surface area (Å²) >= 11 is 0. The third kappa shape index (κ3) is 5.16. The molecule has 0 aromatic heterocycles. The first-order chi connectivity index (χ1) is 8.90. The molecular weight excluding hydrogens is 245 g/mol. The van der Waals surface area contributed by atoms with E-state index in [4.69, 9.17) is 4.74 Å². The molecule has 0 N–H and O–H groups in total. The first-order valence-electron chi connectivity index (χ1n) is 6.21. The number of hydrogen-bond donors (Lipinski definition) is 0. The average molecular weight is 267 g/mol. The van der Waals surface area contributed by atoms with Crippen LogP contribution in [0.15, 0.2) is 29.3 Å². The van der Waals surface area contributed by atoms with Crippen molar-refractivity contribution in [2.75, 3.05) is 34.7 Å². The molecule has 0 amide bonds. The SMILES string of the molecule is CC(CN=C(N(C)C)N(C)C)Oc1ccc(F)cc1. The molecule has 5 heteroatoms. The van der Waals surface area contributed by atoms with Crippen LogP contribution in [0, 0.1) is 5.82 Å². The van der Waals surface area contributed by atoms with Crippen LogP contribution in [0.4, 0.5) is 4.39 Å². The van der Waals surface area contributed by atoms with Crippen molar-refractivity contribution in [3.8, 4) is 5.75 Å². The van der Waals surface area contributed by atoms with Crippen molar-refractivity contribution in [2.24, 2.45) is 4.99 Å². The van der Waals surface area contributed by atoms with Crippen LogP contribution in [-0.2, 0) is 0 Å². The molecule has 0 spiro atoms. The second kappa shape index (κ2) is 6.97. The summed E-state index contributed by atoms with van der Waals surface area (Å²) in [5.41, 5.74) is 0. The highest BCUT2D eigenvalue weighted by atomic mass is 19.1. The molecule has 19 heavy (non-hydrogen) atoms. The highest BCUT2D eigenvalue weighted by molar-refractivity contribution is 5.79. The van der Waals surface area contributed by atoms with E-state index in [0.29, 0.717) is 12.3 Å². The van der Waals surface area contributed by atoms with Gasteiger partial charge in [-0.2, -0.15) is 0 Å². The molecule has 1 rings (SSSR count). The number of hydrogen-bond acceptors (Lipinski definition) is 2. The minimum Gasteiger partial charge on any atom is -0.489 e. The van der Waals surface area contributed by atoms with Gasteiger partial charge in [0.25, 0.3) is 0 Å². The molecule has 0 aliphatic carbocycles. The van der Waals surface area contributed by atoms with Crippen LogP contribution in [0.3, 0.4) is 0 Å². The second-order valence-corrected chi connectivity index (χ2v) is 4.81. The zero-order valence-corrected chi connectivity index (χ0v) is 12.2. The van der Waals surface area contributed by atoms with Gasteiger partial charge in [-0.1, -0.05) is 0 Å². The highest BCUT2D eigenvalue weighted by Crippen LogP contribution is 2.13. The molecule has 0 radical (unpaired) electrons. The van der Waals surface area contributed by atoms with Gasteiger partial charge in [0, 0.05) is 28.2 Å². The highest BCUT2D eigenvalue weighted by Gasteiger charge is 2.07. The minimum atomic E-state index is -0.263. The maximum Gasteiger partial charge on any atom is 0.195 e. The molecule has 4 nitrogen and oxygen atoms in total. The summed E-state index contributed by atoms with van der Waals surface area (Å²) in [5, 5.41) is 0.